The van der Waals surface area contributed by atoms with E-state index in [9.17, 15) is 5.11 Å². The van der Waals surface area contributed by atoms with Crippen molar-refractivity contribution < 1.29 is 5.11 Å². The Morgan fingerprint density at radius 2 is 2.12 bits per heavy atom. The van der Waals surface area contributed by atoms with Gasteiger partial charge in [-0.2, -0.15) is 0 Å². The van der Waals surface area contributed by atoms with Gasteiger partial charge in [0.2, 0.25) is 0 Å². The molecular weight excluding hydrogens is 222 g/mol. The molecule has 1 aromatic heterocycles. The highest BCUT2D eigenvalue weighted by Gasteiger charge is 2.18. The zero-order chi connectivity index (χ0) is 11.9. The lowest BCUT2D eigenvalue weighted by molar-refractivity contribution is 0.200. The summed E-state index contributed by atoms with van der Waals surface area (Å²) in [6, 6.07) is 6.08. The first kappa shape index (κ1) is 11.5. The maximum absolute atomic E-state index is 9.80. The molecule has 0 radical (unpaired) electrons. The fourth-order valence-corrected chi connectivity index (χ4v) is 2.75. The lowest BCUT2D eigenvalue weighted by Gasteiger charge is -2.05. The third kappa shape index (κ3) is 1.53. The molecule has 1 unspecified atom stereocenters. The second-order valence-electron chi connectivity index (χ2n) is 4.10. The van der Waals surface area contributed by atoms with E-state index >= 15 is 0 Å². The smallest absolute Gasteiger partial charge is 0.115 e. The quantitative estimate of drug-likeness (QED) is 0.847. The summed E-state index contributed by atoms with van der Waals surface area (Å²) in [7, 11) is 0. The number of aryl methyl sites for hydroxylation is 2. The average molecular weight is 238 g/mol. The van der Waals surface area contributed by atoms with Crippen LogP contribution < -0.4 is 0 Å². The van der Waals surface area contributed by atoms with Crippen molar-refractivity contribution in [3.8, 4) is 0 Å². The Hall–Kier alpha value is -0.990. The number of rotatable bonds is 2. The number of benzene rings is 1. The Labute approximate surface area is 100 Å². The molecule has 0 fully saturated rings. The number of hydrogen-bond donors (Lipinski definition) is 1. The fourth-order valence-electron chi connectivity index (χ4n) is 2.28. The zero-order valence-corrected chi connectivity index (χ0v) is 10.5. The molecule has 1 aromatic carbocycles. The van der Waals surface area contributed by atoms with Crippen LogP contribution in [0.3, 0.4) is 0 Å². The summed E-state index contributed by atoms with van der Waals surface area (Å²) < 4.78 is 2.05. The zero-order valence-electron chi connectivity index (χ0n) is 9.79. The maximum atomic E-state index is 9.80. The summed E-state index contributed by atoms with van der Waals surface area (Å²) in [5, 5.41) is 11.5. The molecule has 2 rings (SSSR count). The van der Waals surface area contributed by atoms with E-state index in [1.807, 2.05) is 16.7 Å². The van der Waals surface area contributed by atoms with Gasteiger partial charge in [0.05, 0.1) is 11.6 Å². The highest BCUT2D eigenvalue weighted by atomic mass is 35.5. The molecule has 0 amide bonds. The van der Waals surface area contributed by atoms with E-state index in [4.69, 9.17) is 11.6 Å². The minimum Gasteiger partial charge on any atom is -0.389 e. The fraction of sp³-hybridized carbons (Fsp3) is 0.385. The number of fused-ring (bicyclic) bond motifs is 1. The molecule has 0 aliphatic rings. The van der Waals surface area contributed by atoms with Crippen LogP contribution in [-0.2, 0) is 6.54 Å². The molecule has 2 aromatic rings. The summed E-state index contributed by atoms with van der Waals surface area (Å²) in [5.41, 5.74) is 3.15. The predicted molar refractivity (Wildman–Crippen MR) is 68.0 cm³/mol. The van der Waals surface area contributed by atoms with E-state index in [-0.39, 0.29) is 0 Å². The van der Waals surface area contributed by atoms with Gasteiger partial charge in [0.25, 0.3) is 0 Å². The molecule has 1 N–H and O–H groups in total. The molecule has 0 saturated carbocycles. The first-order chi connectivity index (χ1) is 7.57. The standard InChI is InChI=1S/C13H16ClNO/c1-4-15-12-8(2)6-5-7-10(12)11(9(3)16)13(15)14/h5-7,9,16H,4H2,1-3H3. The van der Waals surface area contributed by atoms with E-state index in [0.29, 0.717) is 5.15 Å². The van der Waals surface area contributed by atoms with Gasteiger partial charge in [-0.05, 0) is 26.3 Å². The molecule has 16 heavy (non-hydrogen) atoms. The van der Waals surface area contributed by atoms with Crippen molar-refractivity contribution in [1.29, 1.82) is 0 Å². The number of aromatic nitrogens is 1. The molecule has 3 heteroatoms. The van der Waals surface area contributed by atoms with Crippen LogP contribution in [0.15, 0.2) is 18.2 Å². The molecule has 0 spiro atoms. The number of para-hydroxylation sites is 1. The third-order valence-corrected chi connectivity index (χ3v) is 3.40. The number of hydrogen-bond acceptors (Lipinski definition) is 1. The molecule has 86 valence electrons. The monoisotopic (exact) mass is 237 g/mol. The second-order valence-corrected chi connectivity index (χ2v) is 4.45. The van der Waals surface area contributed by atoms with Crippen molar-refractivity contribution >= 4 is 22.5 Å². The lowest BCUT2D eigenvalue weighted by Crippen LogP contribution is -1.96. The molecule has 2 nitrogen and oxygen atoms in total. The molecule has 1 heterocycles. The highest BCUT2D eigenvalue weighted by molar-refractivity contribution is 6.32. The van der Waals surface area contributed by atoms with Crippen LogP contribution in [0.1, 0.15) is 31.1 Å². The van der Waals surface area contributed by atoms with Gasteiger partial charge < -0.3 is 9.67 Å². The average Bonchev–Trinajstić information content (AvgIpc) is 2.51. The molecule has 0 aliphatic heterocycles. The van der Waals surface area contributed by atoms with Crippen molar-refractivity contribution in [3.63, 3.8) is 0 Å². The molecular formula is C13H16ClNO. The minimum atomic E-state index is -0.537. The Morgan fingerprint density at radius 1 is 1.44 bits per heavy atom. The van der Waals surface area contributed by atoms with Gasteiger partial charge in [0.1, 0.15) is 5.15 Å². The van der Waals surface area contributed by atoms with Crippen LogP contribution in [0.5, 0.6) is 0 Å². The van der Waals surface area contributed by atoms with Crippen molar-refractivity contribution in [1.82, 2.24) is 4.57 Å². The molecule has 0 saturated heterocycles. The minimum absolute atomic E-state index is 0.537. The van der Waals surface area contributed by atoms with E-state index in [1.54, 1.807) is 6.92 Å². The van der Waals surface area contributed by atoms with E-state index < -0.39 is 6.10 Å². The Bertz CT molecular complexity index is 528. The SMILES string of the molecule is CCn1c(Cl)c(C(C)O)c2cccc(C)c21. The summed E-state index contributed by atoms with van der Waals surface area (Å²) >= 11 is 6.32. The number of aliphatic hydroxyl groups is 1. The van der Waals surface area contributed by atoms with Crippen molar-refractivity contribution in [2.24, 2.45) is 0 Å². The van der Waals surface area contributed by atoms with Crippen molar-refractivity contribution in [3.05, 3.63) is 34.5 Å². The highest BCUT2D eigenvalue weighted by Crippen LogP contribution is 2.35. The number of halogens is 1. The van der Waals surface area contributed by atoms with Crippen LogP contribution in [0.4, 0.5) is 0 Å². The first-order valence-electron chi connectivity index (χ1n) is 5.53. The molecule has 1 atom stereocenters. The Balaban J connectivity index is 2.92. The van der Waals surface area contributed by atoms with Crippen LogP contribution >= 0.6 is 11.6 Å². The second kappa shape index (κ2) is 4.11. The summed E-state index contributed by atoms with van der Waals surface area (Å²) in [4.78, 5) is 0. The van der Waals surface area contributed by atoms with Gasteiger partial charge in [-0.25, -0.2) is 0 Å². The summed E-state index contributed by atoms with van der Waals surface area (Å²) in [6.07, 6.45) is -0.537. The third-order valence-electron chi connectivity index (χ3n) is 2.99. The van der Waals surface area contributed by atoms with Crippen molar-refractivity contribution in [2.45, 2.75) is 33.4 Å². The number of nitrogens with zero attached hydrogens (tertiary/aromatic N) is 1. The van der Waals surface area contributed by atoms with Crippen molar-refractivity contribution in [2.75, 3.05) is 0 Å². The van der Waals surface area contributed by atoms with E-state index in [1.165, 1.54) is 5.56 Å². The first-order valence-corrected chi connectivity index (χ1v) is 5.91. The largest absolute Gasteiger partial charge is 0.389 e. The topological polar surface area (TPSA) is 25.2 Å². The van der Waals surface area contributed by atoms with Gasteiger partial charge >= 0.3 is 0 Å². The normalized spacial score (nSPS) is 13.3. The molecule has 0 bridgehead atoms. The van der Waals surface area contributed by atoms with E-state index in [2.05, 4.69) is 19.9 Å². The van der Waals surface area contributed by atoms with Gasteiger partial charge in [-0.15, -0.1) is 0 Å². The predicted octanol–water partition coefficient (Wildman–Crippen LogP) is 3.68. The Kier molecular flexibility index (Phi) is 2.96. The van der Waals surface area contributed by atoms with E-state index in [0.717, 1.165) is 23.0 Å². The van der Waals surface area contributed by atoms with Gasteiger partial charge in [0, 0.05) is 17.5 Å². The molecule has 0 aliphatic carbocycles. The van der Waals surface area contributed by atoms with Gasteiger partial charge in [0.15, 0.2) is 0 Å². The van der Waals surface area contributed by atoms with Crippen LogP contribution in [-0.4, -0.2) is 9.67 Å². The van der Waals surface area contributed by atoms with Crippen LogP contribution in [0.25, 0.3) is 10.9 Å². The van der Waals surface area contributed by atoms with Gasteiger partial charge in [-0.3, -0.25) is 0 Å². The van der Waals surface area contributed by atoms with Gasteiger partial charge in [-0.1, -0.05) is 29.8 Å². The lowest BCUT2D eigenvalue weighted by atomic mass is 10.1. The number of aliphatic hydroxyl groups excluding tert-OH is 1. The maximum Gasteiger partial charge on any atom is 0.115 e. The van der Waals surface area contributed by atoms with Crippen LogP contribution in [0, 0.1) is 6.92 Å². The summed E-state index contributed by atoms with van der Waals surface area (Å²) in [6.45, 7) is 6.69. The Morgan fingerprint density at radius 3 is 2.69 bits per heavy atom. The van der Waals surface area contributed by atoms with Crippen LogP contribution in [0.2, 0.25) is 5.15 Å². The summed E-state index contributed by atoms with van der Waals surface area (Å²) in [5.74, 6) is 0.